The Labute approximate surface area is 120 Å². The maximum Gasteiger partial charge on any atom is 0.0426 e. The normalized spacial score (nSPS) is 12.4. The van der Waals surface area contributed by atoms with Gasteiger partial charge in [-0.3, -0.25) is 0 Å². The summed E-state index contributed by atoms with van der Waals surface area (Å²) in [6.07, 6.45) is 1.87. The summed E-state index contributed by atoms with van der Waals surface area (Å²) in [4.78, 5) is 0. The molecule has 0 aliphatic rings. The molecule has 19 heavy (non-hydrogen) atoms. The maximum absolute atomic E-state index is 8.09. The molecule has 0 saturated carbocycles. The van der Waals surface area contributed by atoms with Gasteiger partial charge < -0.3 is 16.0 Å². The predicted octanol–water partition coefficient (Wildman–Crippen LogP) is 3.92. The van der Waals surface area contributed by atoms with Gasteiger partial charge in [0.2, 0.25) is 0 Å². The van der Waals surface area contributed by atoms with Crippen LogP contribution in [-0.2, 0) is 0 Å². The minimum Gasteiger partial charge on any atom is -0.358 e. The van der Waals surface area contributed by atoms with Crippen molar-refractivity contribution in [3.63, 3.8) is 0 Å². The molecule has 4 heteroatoms. The lowest BCUT2D eigenvalue weighted by molar-refractivity contribution is 0.590. The van der Waals surface area contributed by atoms with Gasteiger partial charge in [0.25, 0.3) is 0 Å². The zero-order valence-corrected chi connectivity index (χ0v) is 12.7. The Morgan fingerprint density at radius 1 is 1.37 bits per heavy atom. The van der Waals surface area contributed by atoms with Crippen LogP contribution in [0.5, 0.6) is 0 Å². The van der Waals surface area contributed by atoms with Crippen LogP contribution in [0.15, 0.2) is 36.0 Å². The van der Waals surface area contributed by atoms with Gasteiger partial charge in [-0.2, -0.15) is 0 Å². The van der Waals surface area contributed by atoms with Gasteiger partial charge in [0, 0.05) is 34.1 Å². The van der Waals surface area contributed by atoms with E-state index in [9.17, 15) is 0 Å². The van der Waals surface area contributed by atoms with Gasteiger partial charge in [-0.25, -0.2) is 0 Å². The number of hydrogen-bond donors (Lipinski definition) is 3. The average molecular weight is 280 g/mol. The number of anilines is 1. The minimum absolute atomic E-state index is 0.158. The van der Waals surface area contributed by atoms with E-state index in [1.807, 2.05) is 58.2 Å². The lowest BCUT2D eigenvalue weighted by atomic mass is 9.89. The predicted molar refractivity (Wildman–Crippen MR) is 84.3 cm³/mol. The first-order chi connectivity index (χ1) is 8.82. The quantitative estimate of drug-likeness (QED) is 0.716. The number of likely N-dealkylation sites (N-methyl/N-ethyl adjacent to an activating group) is 1. The van der Waals surface area contributed by atoms with E-state index in [0.717, 1.165) is 11.4 Å². The molecule has 0 atom stereocenters. The van der Waals surface area contributed by atoms with E-state index < -0.39 is 0 Å². The number of nitrogens with one attached hydrogen (secondary N) is 3. The van der Waals surface area contributed by atoms with Crippen LogP contribution in [0.25, 0.3) is 0 Å². The number of rotatable bonds is 5. The van der Waals surface area contributed by atoms with Crippen LogP contribution in [0, 0.1) is 10.8 Å². The molecule has 1 rings (SSSR count). The summed E-state index contributed by atoms with van der Waals surface area (Å²) in [5, 5.41) is 15.2. The number of hydrogen-bond acceptors (Lipinski definition) is 3. The summed E-state index contributed by atoms with van der Waals surface area (Å²) in [6, 6.07) is 7.56. The molecule has 0 unspecified atom stereocenters. The summed E-state index contributed by atoms with van der Waals surface area (Å²) < 4.78 is 0. The molecule has 0 aromatic heterocycles. The van der Waals surface area contributed by atoms with Crippen molar-refractivity contribution in [1.82, 2.24) is 5.32 Å². The molecule has 0 radical (unpaired) electrons. The largest absolute Gasteiger partial charge is 0.358 e. The molecule has 3 N–H and O–H groups in total. The van der Waals surface area contributed by atoms with E-state index in [1.54, 1.807) is 0 Å². The van der Waals surface area contributed by atoms with Gasteiger partial charge in [-0.15, -0.1) is 0 Å². The third-order valence-electron chi connectivity index (χ3n) is 2.62. The highest BCUT2D eigenvalue weighted by Gasteiger charge is 2.15. The van der Waals surface area contributed by atoms with E-state index >= 15 is 0 Å². The fourth-order valence-corrected chi connectivity index (χ4v) is 1.65. The third kappa shape index (κ3) is 5.45. The zero-order valence-electron chi connectivity index (χ0n) is 12.0. The second kappa shape index (κ2) is 6.73. The van der Waals surface area contributed by atoms with Crippen LogP contribution >= 0.6 is 11.6 Å². The van der Waals surface area contributed by atoms with E-state index in [-0.39, 0.29) is 5.41 Å². The monoisotopic (exact) mass is 279 g/mol. The van der Waals surface area contributed by atoms with Crippen LogP contribution in [0.1, 0.15) is 20.8 Å². The van der Waals surface area contributed by atoms with E-state index in [4.69, 9.17) is 17.0 Å². The molecular formula is C15H22ClN3. The van der Waals surface area contributed by atoms with Crippen LogP contribution in [0.2, 0.25) is 5.02 Å². The van der Waals surface area contributed by atoms with Gasteiger partial charge in [0.1, 0.15) is 0 Å². The molecule has 0 fully saturated rings. The van der Waals surface area contributed by atoms with Crippen molar-refractivity contribution in [2.24, 2.45) is 5.41 Å². The van der Waals surface area contributed by atoms with Crippen LogP contribution in [0.3, 0.4) is 0 Å². The second-order valence-corrected chi connectivity index (χ2v) is 5.94. The molecule has 0 aliphatic heterocycles. The molecule has 0 amide bonds. The minimum atomic E-state index is -0.158. The summed E-state index contributed by atoms with van der Waals surface area (Å²) in [5.74, 6) is 0. The highest BCUT2D eigenvalue weighted by Crippen LogP contribution is 2.19. The van der Waals surface area contributed by atoms with Crippen LogP contribution in [0.4, 0.5) is 5.69 Å². The Balaban J connectivity index is 2.89. The topological polar surface area (TPSA) is 47.9 Å². The second-order valence-electron chi connectivity index (χ2n) is 5.50. The smallest absolute Gasteiger partial charge is 0.0426 e. The number of benzene rings is 1. The zero-order chi connectivity index (χ0) is 14.5. The first-order valence-electron chi connectivity index (χ1n) is 6.29. The Bertz CT molecular complexity index is 473. The highest BCUT2D eigenvalue weighted by molar-refractivity contribution is 6.30. The van der Waals surface area contributed by atoms with Crippen molar-refractivity contribution >= 4 is 23.0 Å². The Kier molecular flexibility index (Phi) is 5.58. The van der Waals surface area contributed by atoms with Crippen molar-refractivity contribution in [3.8, 4) is 0 Å². The Morgan fingerprint density at radius 2 is 2.05 bits per heavy atom. The summed E-state index contributed by atoms with van der Waals surface area (Å²) >= 11 is 5.97. The lowest BCUT2D eigenvalue weighted by Gasteiger charge is -2.19. The molecule has 0 aliphatic carbocycles. The van der Waals surface area contributed by atoms with Crippen molar-refractivity contribution in [2.45, 2.75) is 20.8 Å². The van der Waals surface area contributed by atoms with Crippen molar-refractivity contribution < 1.29 is 0 Å². The molecule has 0 saturated heterocycles. The first kappa shape index (κ1) is 15.7. The molecule has 1 aromatic carbocycles. The van der Waals surface area contributed by atoms with Gasteiger partial charge in [-0.1, -0.05) is 38.4 Å². The molecule has 104 valence electrons. The lowest BCUT2D eigenvalue weighted by Crippen LogP contribution is -2.22. The summed E-state index contributed by atoms with van der Waals surface area (Å²) in [6.45, 7) is 6.76. The number of allylic oxidation sites excluding steroid dienone is 1. The SMILES string of the molecule is CNC/C(=C/C(=N)C(C)(C)C)Nc1cccc(Cl)c1. The molecule has 0 spiro atoms. The van der Waals surface area contributed by atoms with E-state index in [1.165, 1.54) is 0 Å². The van der Waals surface area contributed by atoms with Gasteiger partial charge >= 0.3 is 0 Å². The van der Waals surface area contributed by atoms with Crippen molar-refractivity contribution in [3.05, 3.63) is 41.1 Å². The fraction of sp³-hybridized carbons (Fsp3) is 0.400. The Hall–Kier alpha value is -1.32. The highest BCUT2D eigenvalue weighted by atomic mass is 35.5. The van der Waals surface area contributed by atoms with Crippen LogP contribution in [-0.4, -0.2) is 19.3 Å². The summed E-state index contributed by atoms with van der Waals surface area (Å²) in [7, 11) is 1.88. The average Bonchev–Trinajstić information content (AvgIpc) is 2.27. The summed E-state index contributed by atoms with van der Waals surface area (Å²) in [5.41, 5.74) is 2.31. The van der Waals surface area contributed by atoms with Gasteiger partial charge in [0.05, 0.1) is 0 Å². The maximum atomic E-state index is 8.09. The van der Waals surface area contributed by atoms with E-state index in [0.29, 0.717) is 17.3 Å². The standard InChI is InChI=1S/C15H22ClN3/c1-15(2,3)14(17)9-13(10-18-4)19-12-7-5-6-11(16)8-12/h5-9,17-19H,10H2,1-4H3/b13-9-,17-14?. The fourth-order valence-electron chi connectivity index (χ4n) is 1.46. The molecule has 0 bridgehead atoms. The van der Waals surface area contributed by atoms with E-state index in [2.05, 4.69) is 10.6 Å². The van der Waals surface area contributed by atoms with Crippen molar-refractivity contribution in [1.29, 1.82) is 5.41 Å². The molecule has 1 aromatic rings. The van der Waals surface area contributed by atoms with Gasteiger partial charge in [0.15, 0.2) is 0 Å². The first-order valence-corrected chi connectivity index (χ1v) is 6.67. The van der Waals surface area contributed by atoms with Crippen LogP contribution < -0.4 is 10.6 Å². The van der Waals surface area contributed by atoms with Crippen molar-refractivity contribution in [2.75, 3.05) is 18.9 Å². The molecule has 0 heterocycles. The van der Waals surface area contributed by atoms with Gasteiger partial charge in [-0.05, 0) is 31.3 Å². The molecule has 3 nitrogen and oxygen atoms in total. The third-order valence-corrected chi connectivity index (χ3v) is 2.86. The molecular weight excluding hydrogens is 258 g/mol. The Morgan fingerprint density at radius 3 is 2.58 bits per heavy atom. The number of halogens is 1.